The molecule has 1 aromatic rings. The highest BCUT2D eigenvalue weighted by Crippen LogP contribution is 2.27. The third kappa shape index (κ3) is 3.50. The Bertz CT molecular complexity index is 812. The summed E-state index contributed by atoms with van der Waals surface area (Å²) < 4.78 is 1.07. The molecule has 1 atom stereocenters. The quantitative estimate of drug-likeness (QED) is 0.582. The molecule has 0 aromatic heterocycles. The van der Waals surface area contributed by atoms with Gasteiger partial charge in [-0.2, -0.15) is 0 Å². The van der Waals surface area contributed by atoms with Gasteiger partial charge in [0.15, 0.2) is 0 Å². The van der Waals surface area contributed by atoms with Gasteiger partial charge in [0.2, 0.25) is 0 Å². The number of anilines is 1. The summed E-state index contributed by atoms with van der Waals surface area (Å²) in [6.07, 6.45) is 3.63. The summed E-state index contributed by atoms with van der Waals surface area (Å²) in [4.78, 5) is 43.0. The van der Waals surface area contributed by atoms with E-state index in [0.29, 0.717) is 26.2 Å². The van der Waals surface area contributed by atoms with Crippen LogP contribution in [0.15, 0.2) is 29.4 Å². The van der Waals surface area contributed by atoms with Crippen LogP contribution in [0.5, 0.6) is 0 Å². The first-order valence-corrected chi connectivity index (χ1v) is 9.99. The molecular weight excluding hydrogens is 358 g/mol. The van der Waals surface area contributed by atoms with Gasteiger partial charge in [0, 0.05) is 37.0 Å². The van der Waals surface area contributed by atoms with Crippen LogP contribution in [-0.2, 0) is 14.4 Å². The molecule has 4 rings (SSSR count). The first-order valence-electron chi connectivity index (χ1n) is 9.99. The first-order chi connectivity index (χ1) is 13.5. The topological polar surface area (TPSA) is 76.3 Å². The Morgan fingerprint density at radius 3 is 2.32 bits per heavy atom. The molecule has 1 aromatic carbocycles. The lowest BCUT2D eigenvalue weighted by atomic mass is 10.2. The third-order valence-corrected chi connectivity index (χ3v) is 5.67. The fourth-order valence-corrected chi connectivity index (χ4v) is 4.02. The van der Waals surface area contributed by atoms with Crippen LogP contribution in [0.3, 0.4) is 0 Å². The zero-order chi connectivity index (χ0) is 19.7. The molecule has 3 amide bonds. The van der Waals surface area contributed by atoms with Crippen molar-refractivity contribution in [1.29, 1.82) is 0 Å². The molecule has 3 aliphatic heterocycles. The van der Waals surface area contributed by atoms with Gasteiger partial charge in [-0.05, 0) is 36.6 Å². The maximum atomic E-state index is 12.7. The van der Waals surface area contributed by atoms with Crippen molar-refractivity contribution in [3.63, 3.8) is 0 Å². The summed E-state index contributed by atoms with van der Waals surface area (Å²) in [7, 11) is 0. The molecule has 0 saturated carbocycles. The van der Waals surface area contributed by atoms with E-state index >= 15 is 0 Å². The van der Waals surface area contributed by atoms with Crippen LogP contribution in [0.2, 0.25) is 0 Å². The standard InChI is InChI=1S/C20H26N5O3/c1-15-6-8-16(9-7-15)23-12-13-24-18(27)19(28)25(21-20(23)24)14-17(26)22-10-4-2-3-5-11-22/h6-9,20H,2-5,10-14H2,1H3/q+1. The number of fused-ring (bicyclic) bond motifs is 1. The van der Waals surface area contributed by atoms with Gasteiger partial charge in [-0.3, -0.25) is 14.5 Å². The zero-order valence-corrected chi connectivity index (χ0v) is 16.2. The number of carbonyl (C=O) groups excluding carboxylic acids is 3. The number of hydrogen-bond acceptors (Lipinski definition) is 5. The van der Waals surface area contributed by atoms with E-state index in [2.05, 4.69) is 5.11 Å². The van der Waals surface area contributed by atoms with E-state index in [0.717, 1.165) is 41.6 Å². The number of nitrogens with zero attached hydrogens (tertiary/aromatic N) is 5. The summed E-state index contributed by atoms with van der Waals surface area (Å²) in [6, 6.07) is 7.99. The highest BCUT2D eigenvalue weighted by Gasteiger charge is 2.50. The van der Waals surface area contributed by atoms with E-state index in [-0.39, 0.29) is 12.5 Å². The molecule has 148 valence electrons. The summed E-state index contributed by atoms with van der Waals surface area (Å²) in [5.41, 5.74) is 2.10. The van der Waals surface area contributed by atoms with Crippen molar-refractivity contribution in [3.8, 4) is 0 Å². The van der Waals surface area contributed by atoms with Crippen molar-refractivity contribution in [2.24, 2.45) is 5.11 Å². The van der Waals surface area contributed by atoms with E-state index in [4.69, 9.17) is 0 Å². The van der Waals surface area contributed by atoms with Crippen molar-refractivity contribution in [3.05, 3.63) is 29.8 Å². The number of likely N-dealkylation sites (tertiary alicyclic amines) is 1. The maximum absolute atomic E-state index is 12.7. The van der Waals surface area contributed by atoms with Crippen molar-refractivity contribution in [1.82, 2.24) is 9.80 Å². The molecule has 3 heterocycles. The number of aryl methyl sites for hydroxylation is 1. The SMILES string of the molecule is Cc1ccc(N2CCN3C(=O)C(=O)[N+](CC(=O)N4CCCCCC4)=NC32)cc1. The number of hydrogen-bond donors (Lipinski definition) is 0. The second kappa shape index (κ2) is 7.69. The minimum Gasteiger partial charge on any atom is -0.337 e. The number of rotatable bonds is 3. The lowest BCUT2D eigenvalue weighted by Crippen LogP contribution is -2.53. The van der Waals surface area contributed by atoms with Crippen LogP contribution >= 0.6 is 0 Å². The van der Waals surface area contributed by atoms with Crippen LogP contribution in [0, 0.1) is 6.92 Å². The highest BCUT2D eigenvalue weighted by atomic mass is 16.2. The van der Waals surface area contributed by atoms with Gasteiger partial charge in [0.1, 0.15) is 0 Å². The van der Waals surface area contributed by atoms with Gasteiger partial charge in [0.05, 0.1) is 0 Å². The Morgan fingerprint density at radius 1 is 1.00 bits per heavy atom. The second-order valence-electron chi connectivity index (χ2n) is 7.65. The minimum absolute atomic E-state index is 0.139. The van der Waals surface area contributed by atoms with Crippen LogP contribution < -0.4 is 4.90 Å². The number of benzene rings is 1. The Labute approximate surface area is 164 Å². The number of carbonyl (C=O) groups is 3. The van der Waals surface area contributed by atoms with Crippen LogP contribution in [0.1, 0.15) is 31.2 Å². The van der Waals surface area contributed by atoms with Crippen LogP contribution in [-0.4, -0.2) is 71.2 Å². The van der Waals surface area contributed by atoms with E-state index in [9.17, 15) is 14.4 Å². The summed E-state index contributed by atoms with van der Waals surface area (Å²) >= 11 is 0. The van der Waals surface area contributed by atoms with Crippen molar-refractivity contribution in [2.45, 2.75) is 38.9 Å². The maximum Gasteiger partial charge on any atom is 0.502 e. The number of amides is 3. The molecule has 0 N–H and O–H groups in total. The Hall–Kier alpha value is -2.77. The molecule has 1 unspecified atom stereocenters. The molecule has 8 heteroatoms. The molecule has 0 bridgehead atoms. The molecule has 0 aliphatic carbocycles. The van der Waals surface area contributed by atoms with Crippen molar-refractivity contribution < 1.29 is 19.1 Å². The smallest absolute Gasteiger partial charge is 0.337 e. The second-order valence-corrected chi connectivity index (χ2v) is 7.65. The van der Waals surface area contributed by atoms with Gasteiger partial charge in [-0.25, -0.2) is 4.79 Å². The molecule has 28 heavy (non-hydrogen) atoms. The third-order valence-electron chi connectivity index (χ3n) is 5.67. The molecule has 8 nitrogen and oxygen atoms in total. The molecule has 0 radical (unpaired) electrons. The van der Waals surface area contributed by atoms with Crippen LogP contribution in [0.25, 0.3) is 0 Å². The average Bonchev–Trinajstić information content (AvgIpc) is 2.92. The molecule has 2 saturated heterocycles. The minimum atomic E-state index is -0.717. The van der Waals surface area contributed by atoms with Gasteiger partial charge in [-0.1, -0.05) is 30.5 Å². The number of azo groups is 2. The normalized spacial score (nSPS) is 22.8. The van der Waals surface area contributed by atoms with Gasteiger partial charge < -0.3 is 9.80 Å². The highest BCUT2D eigenvalue weighted by molar-refractivity contribution is 6.31. The van der Waals surface area contributed by atoms with Gasteiger partial charge >= 0.3 is 11.8 Å². The fourth-order valence-electron chi connectivity index (χ4n) is 4.02. The average molecular weight is 384 g/mol. The summed E-state index contributed by atoms with van der Waals surface area (Å²) in [5.74, 6) is -1.44. The van der Waals surface area contributed by atoms with Gasteiger partial charge in [0.25, 0.3) is 18.7 Å². The zero-order valence-electron chi connectivity index (χ0n) is 16.2. The fraction of sp³-hybridized carbons (Fsp3) is 0.550. The molecule has 2 fully saturated rings. The van der Waals surface area contributed by atoms with Gasteiger partial charge in [-0.15, -0.1) is 0 Å². The molecule has 0 spiro atoms. The summed E-state index contributed by atoms with van der Waals surface area (Å²) in [5, 5.41) is 4.48. The van der Waals surface area contributed by atoms with E-state index in [1.54, 1.807) is 4.90 Å². The predicted octanol–water partition coefficient (Wildman–Crippen LogP) is 1.33. The lowest BCUT2D eigenvalue weighted by Gasteiger charge is -2.27. The predicted molar refractivity (Wildman–Crippen MR) is 102 cm³/mol. The van der Waals surface area contributed by atoms with E-state index < -0.39 is 18.1 Å². The summed E-state index contributed by atoms with van der Waals surface area (Å²) in [6.45, 7) is 4.31. The van der Waals surface area contributed by atoms with E-state index in [1.807, 2.05) is 36.1 Å². The Morgan fingerprint density at radius 2 is 1.64 bits per heavy atom. The van der Waals surface area contributed by atoms with Crippen LogP contribution in [0.4, 0.5) is 5.69 Å². The Balaban J connectivity index is 1.55. The first kappa shape index (κ1) is 18.6. The van der Waals surface area contributed by atoms with E-state index in [1.165, 1.54) is 4.90 Å². The van der Waals surface area contributed by atoms with Crippen molar-refractivity contribution >= 4 is 23.4 Å². The monoisotopic (exact) mass is 384 g/mol. The lowest BCUT2D eigenvalue weighted by molar-refractivity contribution is -0.510. The Kier molecular flexibility index (Phi) is 5.11. The van der Waals surface area contributed by atoms with Crippen molar-refractivity contribution in [2.75, 3.05) is 37.6 Å². The molecule has 3 aliphatic rings. The largest absolute Gasteiger partial charge is 0.502 e. The molecular formula is C20H26N5O3+.